The Balaban J connectivity index is 1.39. The Labute approximate surface area is 197 Å². The average Bonchev–Trinajstić information content (AvgIpc) is 2.79. The Hall–Kier alpha value is -4.31. The molecular formula is C24H22N6O3S. The molecule has 0 aliphatic rings. The molecule has 0 saturated heterocycles. The molecule has 4 rings (SSSR count). The van der Waals surface area contributed by atoms with E-state index in [0.717, 1.165) is 17.1 Å². The highest BCUT2D eigenvalue weighted by atomic mass is 32.2. The maximum atomic E-state index is 12.6. The van der Waals surface area contributed by atoms with Gasteiger partial charge in [-0.1, -0.05) is 6.07 Å². The summed E-state index contributed by atoms with van der Waals surface area (Å²) < 4.78 is 27.4. The Morgan fingerprint density at radius 3 is 2.09 bits per heavy atom. The van der Waals surface area contributed by atoms with Gasteiger partial charge in [0.05, 0.1) is 4.90 Å². The van der Waals surface area contributed by atoms with Gasteiger partial charge in [-0.15, -0.1) is 0 Å². The maximum Gasteiger partial charge on any atom is 0.263 e. The molecule has 0 unspecified atom stereocenters. The van der Waals surface area contributed by atoms with Crippen LogP contribution in [-0.2, 0) is 10.0 Å². The lowest BCUT2D eigenvalue weighted by Crippen LogP contribution is -2.14. The molecule has 10 heteroatoms. The monoisotopic (exact) mass is 474 g/mol. The molecular weight excluding hydrogens is 452 g/mol. The summed E-state index contributed by atoms with van der Waals surface area (Å²) in [6.07, 6.45) is 1.50. The van der Waals surface area contributed by atoms with Gasteiger partial charge in [-0.05, 0) is 80.6 Å². The van der Waals surface area contributed by atoms with Gasteiger partial charge in [0, 0.05) is 34.5 Å². The molecule has 3 N–H and O–H groups in total. The smallest absolute Gasteiger partial charge is 0.263 e. The predicted molar refractivity (Wildman–Crippen MR) is 131 cm³/mol. The van der Waals surface area contributed by atoms with E-state index < -0.39 is 10.0 Å². The lowest BCUT2D eigenvalue weighted by atomic mass is 10.2. The minimum absolute atomic E-state index is 0.0557. The normalized spacial score (nSPS) is 11.0. The summed E-state index contributed by atoms with van der Waals surface area (Å²) in [5.74, 6) is 0.389. The summed E-state index contributed by atoms with van der Waals surface area (Å²) in [5.41, 5.74) is 3.37. The first-order valence-corrected chi connectivity index (χ1v) is 11.8. The van der Waals surface area contributed by atoms with Gasteiger partial charge in [0.2, 0.25) is 5.95 Å². The molecule has 1 amide bonds. The molecule has 34 heavy (non-hydrogen) atoms. The number of benzene rings is 2. The van der Waals surface area contributed by atoms with E-state index >= 15 is 0 Å². The number of anilines is 4. The second kappa shape index (κ2) is 9.67. The largest absolute Gasteiger partial charge is 0.324 e. The number of aryl methyl sites for hydroxylation is 2. The lowest BCUT2D eigenvalue weighted by Gasteiger charge is -2.10. The summed E-state index contributed by atoms with van der Waals surface area (Å²) in [7, 11) is -3.79. The molecule has 0 bridgehead atoms. The molecule has 2 aromatic heterocycles. The van der Waals surface area contributed by atoms with Gasteiger partial charge in [-0.3, -0.25) is 9.52 Å². The van der Waals surface area contributed by atoms with Crippen LogP contribution in [0.3, 0.4) is 0 Å². The van der Waals surface area contributed by atoms with Gasteiger partial charge >= 0.3 is 0 Å². The molecule has 0 atom stereocenters. The molecule has 0 aliphatic carbocycles. The third-order valence-corrected chi connectivity index (χ3v) is 6.08. The van der Waals surface area contributed by atoms with E-state index in [1.165, 1.54) is 30.5 Å². The third-order valence-electron chi connectivity index (χ3n) is 4.71. The fraction of sp³-hybridized carbons (Fsp3) is 0.0833. The first-order valence-electron chi connectivity index (χ1n) is 10.3. The Kier molecular flexibility index (Phi) is 6.51. The Morgan fingerprint density at radius 1 is 0.824 bits per heavy atom. The number of rotatable bonds is 7. The highest BCUT2D eigenvalue weighted by Gasteiger charge is 2.15. The van der Waals surface area contributed by atoms with Crippen LogP contribution in [-0.4, -0.2) is 29.3 Å². The summed E-state index contributed by atoms with van der Waals surface area (Å²) >= 11 is 0. The number of hydrogen-bond acceptors (Lipinski definition) is 7. The number of nitrogens with zero attached hydrogens (tertiary/aromatic N) is 3. The van der Waals surface area contributed by atoms with Crippen molar-refractivity contribution in [2.24, 2.45) is 0 Å². The van der Waals surface area contributed by atoms with Crippen molar-refractivity contribution in [2.75, 3.05) is 15.4 Å². The van der Waals surface area contributed by atoms with Crippen LogP contribution in [0.25, 0.3) is 0 Å². The first-order chi connectivity index (χ1) is 16.3. The number of hydrogen-bond donors (Lipinski definition) is 3. The molecule has 0 fully saturated rings. The van der Waals surface area contributed by atoms with E-state index in [1.807, 2.05) is 19.9 Å². The van der Waals surface area contributed by atoms with Crippen LogP contribution in [0.15, 0.2) is 83.9 Å². The van der Waals surface area contributed by atoms with Crippen molar-refractivity contribution in [3.05, 3.63) is 95.9 Å². The van der Waals surface area contributed by atoms with Crippen LogP contribution in [0.4, 0.5) is 23.1 Å². The van der Waals surface area contributed by atoms with Crippen LogP contribution in [0, 0.1) is 13.8 Å². The predicted octanol–water partition coefficient (Wildman–Crippen LogP) is 4.29. The standard InChI is InChI=1S/C24H22N6O3S/c1-16-15-17(2)27-24(26-16)29-20-8-6-18(7-9-20)23(31)28-19-10-12-21(13-11-19)34(32,33)30-22-5-3-4-14-25-22/h3-15H,1-2H3,(H,25,30)(H,28,31)(H,26,27,29). The fourth-order valence-electron chi connectivity index (χ4n) is 3.16. The Bertz CT molecular complexity index is 1390. The van der Waals surface area contributed by atoms with Gasteiger partial charge in [-0.2, -0.15) is 0 Å². The highest BCUT2D eigenvalue weighted by Crippen LogP contribution is 2.19. The molecule has 0 saturated carbocycles. The number of amides is 1. The molecule has 0 aliphatic heterocycles. The van der Waals surface area contributed by atoms with Gasteiger partial charge in [-0.25, -0.2) is 23.4 Å². The van der Waals surface area contributed by atoms with Crippen LogP contribution in [0.1, 0.15) is 21.7 Å². The van der Waals surface area contributed by atoms with Crippen molar-refractivity contribution in [2.45, 2.75) is 18.7 Å². The van der Waals surface area contributed by atoms with Crippen molar-refractivity contribution in [1.29, 1.82) is 0 Å². The third kappa shape index (κ3) is 5.73. The van der Waals surface area contributed by atoms with Crippen molar-refractivity contribution >= 4 is 39.1 Å². The number of aromatic nitrogens is 3. The second-order valence-corrected chi connectivity index (χ2v) is 9.16. The van der Waals surface area contributed by atoms with Crippen molar-refractivity contribution in [3.63, 3.8) is 0 Å². The molecule has 0 radical (unpaired) electrons. The van der Waals surface area contributed by atoms with Crippen LogP contribution in [0.5, 0.6) is 0 Å². The van der Waals surface area contributed by atoms with Crippen molar-refractivity contribution in [1.82, 2.24) is 15.0 Å². The maximum absolute atomic E-state index is 12.6. The summed E-state index contributed by atoms with van der Waals surface area (Å²) in [6, 6.07) is 19.6. The van der Waals surface area contributed by atoms with E-state index in [-0.39, 0.29) is 16.6 Å². The van der Waals surface area contributed by atoms with Crippen LogP contribution in [0.2, 0.25) is 0 Å². The molecule has 2 aromatic carbocycles. The molecule has 172 valence electrons. The van der Waals surface area contributed by atoms with E-state index in [4.69, 9.17) is 0 Å². The summed E-state index contributed by atoms with van der Waals surface area (Å²) in [5, 5.41) is 5.88. The molecule has 0 spiro atoms. The SMILES string of the molecule is Cc1cc(C)nc(Nc2ccc(C(=O)Nc3ccc(S(=O)(=O)Nc4ccccn4)cc3)cc2)n1. The number of carbonyl (C=O) groups excluding carboxylic acids is 1. The highest BCUT2D eigenvalue weighted by molar-refractivity contribution is 7.92. The van der Waals surface area contributed by atoms with E-state index in [0.29, 0.717) is 17.2 Å². The topological polar surface area (TPSA) is 126 Å². The number of nitrogens with one attached hydrogen (secondary N) is 3. The number of sulfonamides is 1. The minimum Gasteiger partial charge on any atom is -0.324 e. The van der Waals surface area contributed by atoms with E-state index in [2.05, 4.69) is 30.3 Å². The van der Waals surface area contributed by atoms with E-state index in [1.54, 1.807) is 42.5 Å². The second-order valence-electron chi connectivity index (χ2n) is 7.48. The zero-order chi connectivity index (χ0) is 24.1. The lowest BCUT2D eigenvalue weighted by molar-refractivity contribution is 0.102. The zero-order valence-corrected chi connectivity index (χ0v) is 19.3. The van der Waals surface area contributed by atoms with Gasteiger partial charge in [0.25, 0.3) is 15.9 Å². The summed E-state index contributed by atoms with van der Waals surface area (Å²) in [6.45, 7) is 3.79. The van der Waals surface area contributed by atoms with Gasteiger partial charge in [0.1, 0.15) is 5.82 Å². The first kappa shape index (κ1) is 22.9. The van der Waals surface area contributed by atoms with Crippen LogP contribution >= 0.6 is 0 Å². The summed E-state index contributed by atoms with van der Waals surface area (Å²) in [4.78, 5) is 25.3. The minimum atomic E-state index is -3.79. The van der Waals surface area contributed by atoms with Gasteiger partial charge in [0.15, 0.2) is 0 Å². The van der Waals surface area contributed by atoms with Crippen molar-refractivity contribution < 1.29 is 13.2 Å². The fourth-order valence-corrected chi connectivity index (χ4v) is 4.16. The molecule has 2 heterocycles. The van der Waals surface area contributed by atoms with Gasteiger partial charge < -0.3 is 10.6 Å². The number of pyridine rings is 1. The Morgan fingerprint density at radius 2 is 1.47 bits per heavy atom. The van der Waals surface area contributed by atoms with E-state index in [9.17, 15) is 13.2 Å². The zero-order valence-electron chi connectivity index (χ0n) is 18.5. The van der Waals surface area contributed by atoms with Crippen LogP contribution < -0.4 is 15.4 Å². The molecule has 4 aromatic rings. The average molecular weight is 475 g/mol. The number of carbonyl (C=O) groups is 1. The quantitative estimate of drug-likeness (QED) is 0.365. The van der Waals surface area contributed by atoms with Crippen molar-refractivity contribution in [3.8, 4) is 0 Å². The molecule has 9 nitrogen and oxygen atoms in total.